The van der Waals surface area contributed by atoms with Crippen LogP contribution in [0.2, 0.25) is 0 Å². The minimum atomic E-state index is -0.329. The summed E-state index contributed by atoms with van der Waals surface area (Å²) in [6.45, 7) is 0. The van der Waals surface area contributed by atoms with Gasteiger partial charge in [0.05, 0.1) is 0 Å². The Morgan fingerprint density at radius 2 is 2.17 bits per heavy atom. The van der Waals surface area contributed by atoms with Crippen molar-refractivity contribution in [1.82, 2.24) is 0 Å². The zero-order valence-corrected chi connectivity index (χ0v) is 7.65. The molecule has 0 fully saturated rings. The van der Waals surface area contributed by atoms with E-state index in [4.69, 9.17) is 5.21 Å². The maximum absolute atomic E-state index is 11.1. The number of oxime groups is 1. The first-order valence-electron chi connectivity index (χ1n) is 3.22. The Bertz CT molecular complexity index is 323. The molecule has 1 aromatic rings. The number of carbonyl (C=O) groups is 1. The Morgan fingerprint density at radius 3 is 2.75 bits per heavy atom. The van der Waals surface area contributed by atoms with Crippen LogP contribution in [0.25, 0.3) is 0 Å². The molecule has 0 radical (unpaired) electrons. The summed E-state index contributed by atoms with van der Waals surface area (Å²) in [6, 6.07) is 6.94. The molecular formula is C8H6BrNO2. The van der Waals surface area contributed by atoms with Gasteiger partial charge in [0.1, 0.15) is 6.21 Å². The Kier molecular flexibility index (Phi) is 2.99. The molecule has 3 nitrogen and oxygen atoms in total. The molecule has 0 atom stereocenters. The third-order valence-corrected chi connectivity index (χ3v) is 2.01. The summed E-state index contributed by atoms with van der Waals surface area (Å²) >= 11 is 3.20. The first kappa shape index (κ1) is 8.93. The molecule has 0 aliphatic rings. The van der Waals surface area contributed by atoms with E-state index in [2.05, 4.69) is 21.1 Å². The average Bonchev–Trinajstić information content (AvgIpc) is 2.05. The molecule has 0 saturated heterocycles. The van der Waals surface area contributed by atoms with Gasteiger partial charge in [-0.15, -0.1) is 0 Å². The second-order valence-corrected chi connectivity index (χ2v) is 2.94. The average molecular weight is 228 g/mol. The summed E-state index contributed by atoms with van der Waals surface area (Å²) < 4.78 is 0.690. The third-order valence-electron chi connectivity index (χ3n) is 1.31. The first-order valence-corrected chi connectivity index (χ1v) is 4.01. The standard InChI is InChI=1S/C8H6BrNO2/c9-7-4-2-1-3-6(7)8(11)5-10-12/h1-5,12H/b10-5-. The third kappa shape index (κ3) is 1.92. The number of hydrogen-bond acceptors (Lipinski definition) is 3. The molecule has 1 rings (SSSR count). The Hall–Kier alpha value is -1.16. The molecule has 0 saturated carbocycles. The van der Waals surface area contributed by atoms with Crippen molar-refractivity contribution in [2.45, 2.75) is 0 Å². The zero-order chi connectivity index (χ0) is 8.97. The molecule has 0 aliphatic heterocycles. The minimum Gasteiger partial charge on any atom is -0.411 e. The number of hydrogen-bond donors (Lipinski definition) is 1. The largest absolute Gasteiger partial charge is 0.411 e. The highest BCUT2D eigenvalue weighted by atomic mass is 79.9. The fraction of sp³-hybridized carbons (Fsp3) is 0. The number of halogens is 1. The van der Waals surface area contributed by atoms with Crippen LogP contribution in [0.15, 0.2) is 33.9 Å². The van der Waals surface area contributed by atoms with Crippen LogP contribution in [-0.2, 0) is 0 Å². The number of benzene rings is 1. The normalized spacial score (nSPS) is 10.4. The minimum absolute atomic E-state index is 0.329. The van der Waals surface area contributed by atoms with Gasteiger partial charge in [0.25, 0.3) is 0 Å². The summed E-state index contributed by atoms with van der Waals surface area (Å²) in [5.74, 6) is -0.329. The van der Waals surface area contributed by atoms with Crippen LogP contribution in [-0.4, -0.2) is 17.2 Å². The molecular weight excluding hydrogens is 222 g/mol. The fourth-order valence-electron chi connectivity index (χ4n) is 0.783. The Balaban J connectivity index is 3.03. The molecule has 0 aromatic heterocycles. The smallest absolute Gasteiger partial charge is 0.208 e. The van der Waals surface area contributed by atoms with E-state index in [-0.39, 0.29) is 5.78 Å². The van der Waals surface area contributed by atoms with Crippen molar-refractivity contribution < 1.29 is 10.0 Å². The topological polar surface area (TPSA) is 49.7 Å². The van der Waals surface area contributed by atoms with Gasteiger partial charge in [0, 0.05) is 10.0 Å². The van der Waals surface area contributed by atoms with Crippen molar-refractivity contribution in [3.05, 3.63) is 34.3 Å². The lowest BCUT2D eigenvalue weighted by Gasteiger charge is -1.96. The van der Waals surface area contributed by atoms with Crippen molar-refractivity contribution in [2.24, 2.45) is 5.16 Å². The van der Waals surface area contributed by atoms with Crippen LogP contribution in [0.5, 0.6) is 0 Å². The van der Waals surface area contributed by atoms with Crippen LogP contribution in [0, 0.1) is 0 Å². The number of Topliss-reactive ketones (excluding diaryl/α,β-unsaturated/α-hetero) is 1. The van der Waals surface area contributed by atoms with Gasteiger partial charge in [-0.25, -0.2) is 0 Å². The van der Waals surface area contributed by atoms with E-state index >= 15 is 0 Å². The van der Waals surface area contributed by atoms with Crippen LogP contribution in [0.4, 0.5) is 0 Å². The van der Waals surface area contributed by atoms with Gasteiger partial charge in [-0.3, -0.25) is 4.79 Å². The molecule has 1 N–H and O–H groups in total. The summed E-state index contributed by atoms with van der Waals surface area (Å²) in [6.07, 6.45) is 0.861. The Morgan fingerprint density at radius 1 is 1.50 bits per heavy atom. The quantitative estimate of drug-likeness (QED) is 0.364. The number of rotatable bonds is 2. The highest BCUT2D eigenvalue weighted by molar-refractivity contribution is 9.10. The number of carbonyl (C=O) groups excluding carboxylic acids is 1. The molecule has 0 aliphatic carbocycles. The van der Waals surface area contributed by atoms with Crippen molar-refractivity contribution >= 4 is 27.9 Å². The number of nitrogens with zero attached hydrogens (tertiary/aromatic N) is 1. The van der Waals surface area contributed by atoms with Crippen LogP contribution >= 0.6 is 15.9 Å². The molecule has 0 unspecified atom stereocenters. The van der Waals surface area contributed by atoms with Gasteiger partial charge in [0.2, 0.25) is 5.78 Å². The monoisotopic (exact) mass is 227 g/mol. The van der Waals surface area contributed by atoms with Crippen LogP contribution < -0.4 is 0 Å². The van der Waals surface area contributed by atoms with E-state index in [0.29, 0.717) is 10.0 Å². The van der Waals surface area contributed by atoms with E-state index in [1.54, 1.807) is 24.3 Å². The molecule has 4 heteroatoms. The van der Waals surface area contributed by atoms with Gasteiger partial charge in [-0.2, -0.15) is 0 Å². The lowest BCUT2D eigenvalue weighted by Crippen LogP contribution is -2.00. The van der Waals surface area contributed by atoms with Gasteiger partial charge < -0.3 is 5.21 Å². The van der Waals surface area contributed by atoms with E-state index < -0.39 is 0 Å². The first-order chi connectivity index (χ1) is 5.75. The van der Waals surface area contributed by atoms with E-state index in [1.165, 1.54) is 0 Å². The van der Waals surface area contributed by atoms with Crippen LogP contribution in [0.3, 0.4) is 0 Å². The Labute approximate surface area is 77.8 Å². The summed E-state index contributed by atoms with van der Waals surface area (Å²) in [4.78, 5) is 11.1. The SMILES string of the molecule is O=C(/C=N\O)c1ccccc1Br. The van der Waals surface area contributed by atoms with Crippen molar-refractivity contribution in [2.75, 3.05) is 0 Å². The highest BCUT2D eigenvalue weighted by Gasteiger charge is 2.05. The lowest BCUT2D eigenvalue weighted by atomic mass is 10.1. The van der Waals surface area contributed by atoms with E-state index in [9.17, 15) is 4.79 Å². The summed E-state index contributed by atoms with van der Waals surface area (Å²) in [7, 11) is 0. The van der Waals surface area contributed by atoms with Crippen LogP contribution in [0.1, 0.15) is 10.4 Å². The molecule has 1 aromatic carbocycles. The molecule has 0 amide bonds. The zero-order valence-electron chi connectivity index (χ0n) is 6.07. The van der Waals surface area contributed by atoms with Crippen molar-refractivity contribution in [1.29, 1.82) is 0 Å². The maximum Gasteiger partial charge on any atom is 0.208 e. The predicted molar refractivity (Wildman–Crippen MR) is 48.8 cm³/mol. The molecule has 0 bridgehead atoms. The predicted octanol–water partition coefficient (Wildman–Crippen LogP) is 2.09. The maximum atomic E-state index is 11.1. The summed E-state index contributed by atoms with van der Waals surface area (Å²) in [5, 5.41) is 10.8. The molecule has 0 spiro atoms. The van der Waals surface area contributed by atoms with E-state index in [1.807, 2.05) is 0 Å². The number of ketones is 1. The second kappa shape index (κ2) is 4.01. The summed E-state index contributed by atoms with van der Waals surface area (Å²) in [5.41, 5.74) is 0.482. The van der Waals surface area contributed by atoms with Gasteiger partial charge in [0.15, 0.2) is 0 Å². The van der Waals surface area contributed by atoms with Gasteiger partial charge >= 0.3 is 0 Å². The molecule has 0 heterocycles. The molecule has 62 valence electrons. The highest BCUT2D eigenvalue weighted by Crippen LogP contribution is 2.15. The van der Waals surface area contributed by atoms with Gasteiger partial charge in [-0.05, 0) is 12.1 Å². The van der Waals surface area contributed by atoms with Gasteiger partial charge in [-0.1, -0.05) is 33.2 Å². The fourth-order valence-corrected chi connectivity index (χ4v) is 1.26. The van der Waals surface area contributed by atoms with Crippen molar-refractivity contribution in [3.8, 4) is 0 Å². The lowest BCUT2D eigenvalue weighted by molar-refractivity contribution is 0.106. The van der Waals surface area contributed by atoms with Crippen molar-refractivity contribution in [3.63, 3.8) is 0 Å². The molecule has 12 heavy (non-hydrogen) atoms. The second-order valence-electron chi connectivity index (χ2n) is 2.09. The van der Waals surface area contributed by atoms with E-state index in [0.717, 1.165) is 6.21 Å².